The Kier molecular flexibility index (Phi) is 7.53. The summed E-state index contributed by atoms with van der Waals surface area (Å²) in [6.07, 6.45) is 1.97. The highest BCUT2D eigenvalue weighted by Gasteiger charge is 2.40. The number of primary amides is 1. The molecule has 0 radical (unpaired) electrons. The number of anilines is 2. The molecule has 0 aliphatic rings. The lowest BCUT2D eigenvalue weighted by molar-refractivity contribution is -0.122. The fraction of sp³-hybridized carbons (Fsp3) is 0.267. The van der Waals surface area contributed by atoms with Crippen molar-refractivity contribution in [2.24, 2.45) is 5.73 Å². The van der Waals surface area contributed by atoms with Crippen LogP contribution in [0.4, 0.5) is 11.5 Å². The van der Waals surface area contributed by atoms with Gasteiger partial charge in [-0.2, -0.15) is 0 Å². The SMILES string of the molecule is CCOc1cc(C(Cc2ccccc2C)(Nc2ccc3c(N)nccc3c2)C(N)=O)ccc1OC(C)C. The summed E-state index contributed by atoms with van der Waals surface area (Å²) in [4.78, 5) is 17.6. The number of hydrogen-bond acceptors (Lipinski definition) is 6. The molecule has 7 heteroatoms. The number of benzene rings is 3. The highest BCUT2D eigenvalue weighted by atomic mass is 16.5. The molecule has 1 aromatic heterocycles. The van der Waals surface area contributed by atoms with Gasteiger partial charge in [0, 0.05) is 23.7 Å². The van der Waals surface area contributed by atoms with Crippen LogP contribution in [0.3, 0.4) is 0 Å². The number of carbonyl (C=O) groups is 1. The fourth-order valence-corrected chi connectivity index (χ4v) is 4.52. The quantitative estimate of drug-likeness (QED) is 0.272. The molecule has 0 fully saturated rings. The van der Waals surface area contributed by atoms with E-state index in [-0.39, 0.29) is 6.10 Å². The second kappa shape index (κ2) is 10.8. The van der Waals surface area contributed by atoms with Gasteiger partial charge in [0.1, 0.15) is 11.4 Å². The van der Waals surface area contributed by atoms with Crippen molar-refractivity contribution >= 4 is 28.2 Å². The van der Waals surface area contributed by atoms with Crippen LogP contribution in [-0.2, 0) is 16.8 Å². The Bertz CT molecular complexity index is 1420. The Morgan fingerprint density at radius 2 is 1.84 bits per heavy atom. The number of aromatic nitrogens is 1. The molecule has 1 unspecified atom stereocenters. The first kappa shape index (κ1) is 25.8. The minimum Gasteiger partial charge on any atom is -0.490 e. The standard InChI is InChI=1S/C30H34N4O3/c1-5-36-27-17-23(10-13-26(27)37-19(2)3)30(29(32)35,18-22-9-7-6-8-20(22)4)34-24-11-12-25-21(16-24)14-15-33-28(25)31/h6-17,19,34H,5,18H2,1-4H3,(H2,31,33)(H2,32,35). The van der Waals surface area contributed by atoms with E-state index in [0.29, 0.717) is 35.9 Å². The third kappa shape index (κ3) is 5.45. The molecule has 4 aromatic rings. The monoisotopic (exact) mass is 498 g/mol. The van der Waals surface area contributed by atoms with Gasteiger partial charge in [0.2, 0.25) is 5.91 Å². The van der Waals surface area contributed by atoms with Gasteiger partial charge in [-0.15, -0.1) is 0 Å². The molecule has 37 heavy (non-hydrogen) atoms. The molecule has 0 spiro atoms. The van der Waals surface area contributed by atoms with E-state index in [0.717, 1.165) is 27.6 Å². The first-order valence-electron chi connectivity index (χ1n) is 12.4. The van der Waals surface area contributed by atoms with E-state index in [1.165, 1.54) is 0 Å². The van der Waals surface area contributed by atoms with E-state index in [9.17, 15) is 4.79 Å². The number of pyridine rings is 1. The summed E-state index contributed by atoms with van der Waals surface area (Å²) >= 11 is 0. The zero-order valence-electron chi connectivity index (χ0n) is 21.7. The third-order valence-electron chi connectivity index (χ3n) is 6.39. The fourth-order valence-electron chi connectivity index (χ4n) is 4.52. The maximum Gasteiger partial charge on any atom is 0.248 e. The minimum atomic E-state index is -1.28. The molecule has 0 saturated heterocycles. The lowest BCUT2D eigenvalue weighted by Crippen LogP contribution is -2.49. The highest BCUT2D eigenvalue weighted by molar-refractivity contribution is 5.95. The molecular weight excluding hydrogens is 464 g/mol. The van der Waals surface area contributed by atoms with Crippen LogP contribution in [0.15, 0.2) is 72.9 Å². The summed E-state index contributed by atoms with van der Waals surface area (Å²) in [6.45, 7) is 8.30. The number of fused-ring (bicyclic) bond motifs is 1. The van der Waals surface area contributed by atoms with Crippen LogP contribution in [-0.4, -0.2) is 23.6 Å². The number of nitrogen functional groups attached to an aromatic ring is 1. The van der Waals surface area contributed by atoms with E-state index < -0.39 is 11.4 Å². The normalized spacial score (nSPS) is 12.8. The van der Waals surface area contributed by atoms with E-state index in [1.807, 2.05) is 94.4 Å². The Morgan fingerprint density at radius 1 is 1.05 bits per heavy atom. The first-order chi connectivity index (χ1) is 17.7. The van der Waals surface area contributed by atoms with Crippen molar-refractivity contribution in [1.82, 2.24) is 4.98 Å². The number of nitrogens with two attached hydrogens (primary N) is 2. The smallest absolute Gasteiger partial charge is 0.248 e. The number of hydrogen-bond donors (Lipinski definition) is 3. The van der Waals surface area contributed by atoms with E-state index >= 15 is 0 Å². The molecule has 5 N–H and O–H groups in total. The average molecular weight is 499 g/mol. The Morgan fingerprint density at radius 3 is 2.54 bits per heavy atom. The zero-order chi connectivity index (χ0) is 26.6. The van der Waals surface area contributed by atoms with E-state index in [1.54, 1.807) is 6.20 Å². The number of nitrogens with zero attached hydrogens (tertiary/aromatic N) is 1. The second-order valence-corrected chi connectivity index (χ2v) is 9.39. The largest absolute Gasteiger partial charge is 0.490 e. The average Bonchev–Trinajstić information content (AvgIpc) is 2.86. The van der Waals surface area contributed by atoms with Crippen LogP contribution in [0.1, 0.15) is 37.5 Å². The molecule has 0 bridgehead atoms. The van der Waals surface area contributed by atoms with Crippen LogP contribution in [0.2, 0.25) is 0 Å². The molecular formula is C30H34N4O3. The van der Waals surface area contributed by atoms with Gasteiger partial charge in [-0.05, 0) is 86.2 Å². The van der Waals surface area contributed by atoms with Gasteiger partial charge in [-0.1, -0.05) is 30.3 Å². The Labute approximate surface area is 217 Å². The van der Waals surface area contributed by atoms with Crippen molar-refractivity contribution < 1.29 is 14.3 Å². The number of aryl methyl sites for hydroxylation is 1. The molecule has 7 nitrogen and oxygen atoms in total. The van der Waals surface area contributed by atoms with Gasteiger partial charge in [-0.25, -0.2) is 4.98 Å². The number of carbonyl (C=O) groups excluding carboxylic acids is 1. The molecule has 0 aliphatic heterocycles. The molecule has 1 amide bonds. The lowest BCUT2D eigenvalue weighted by atomic mass is 9.81. The van der Waals surface area contributed by atoms with Gasteiger partial charge in [0.05, 0.1) is 12.7 Å². The zero-order valence-corrected chi connectivity index (χ0v) is 21.7. The van der Waals surface area contributed by atoms with Gasteiger partial charge >= 0.3 is 0 Å². The molecule has 3 aromatic carbocycles. The van der Waals surface area contributed by atoms with Crippen molar-refractivity contribution in [2.75, 3.05) is 17.7 Å². The predicted molar refractivity (Wildman–Crippen MR) is 149 cm³/mol. The molecule has 1 heterocycles. The molecule has 0 aliphatic carbocycles. The van der Waals surface area contributed by atoms with Crippen molar-refractivity contribution in [2.45, 2.75) is 45.8 Å². The van der Waals surface area contributed by atoms with Crippen molar-refractivity contribution in [3.8, 4) is 11.5 Å². The Balaban J connectivity index is 1.89. The van der Waals surface area contributed by atoms with Crippen LogP contribution < -0.4 is 26.3 Å². The van der Waals surface area contributed by atoms with Gasteiger partial charge < -0.3 is 26.3 Å². The highest BCUT2D eigenvalue weighted by Crippen LogP contribution is 2.38. The van der Waals surface area contributed by atoms with Crippen molar-refractivity contribution in [3.05, 3.63) is 89.6 Å². The van der Waals surface area contributed by atoms with Crippen LogP contribution in [0.25, 0.3) is 10.8 Å². The molecule has 0 saturated carbocycles. The Hall–Kier alpha value is -4.26. The summed E-state index contributed by atoms with van der Waals surface area (Å²) in [5.74, 6) is 1.11. The first-order valence-corrected chi connectivity index (χ1v) is 12.4. The van der Waals surface area contributed by atoms with Gasteiger partial charge in [-0.3, -0.25) is 4.79 Å². The summed E-state index contributed by atoms with van der Waals surface area (Å²) in [7, 11) is 0. The summed E-state index contributed by atoms with van der Waals surface area (Å²) in [5.41, 5.74) is 14.5. The number of amides is 1. The van der Waals surface area contributed by atoms with Crippen LogP contribution >= 0.6 is 0 Å². The summed E-state index contributed by atoms with van der Waals surface area (Å²) in [6, 6.07) is 21.2. The topological polar surface area (TPSA) is 112 Å². The van der Waals surface area contributed by atoms with E-state index in [2.05, 4.69) is 10.3 Å². The second-order valence-electron chi connectivity index (χ2n) is 9.39. The predicted octanol–water partition coefficient (Wildman–Crippen LogP) is 5.35. The molecule has 192 valence electrons. The summed E-state index contributed by atoms with van der Waals surface area (Å²) in [5, 5.41) is 5.24. The maximum atomic E-state index is 13.4. The van der Waals surface area contributed by atoms with Crippen molar-refractivity contribution in [1.29, 1.82) is 0 Å². The van der Waals surface area contributed by atoms with Crippen molar-refractivity contribution in [3.63, 3.8) is 0 Å². The number of nitrogens with one attached hydrogen (secondary N) is 1. The van der Waals surface area contributed by atoms with Gasteiger partial charge in [0.15, 0.2) is 11.5 Å². The maximum absolute atomic E-state index is 13.4. The summed E-state index contributed by atoms with van der Waals surface area (Å²) < 4.78 is 11.9. The van der Waals surface area contributed by atoms with Crippen LogP contribution in [0, 0.1) is 6.92 Å². The van der Waals surface area contributed by atoms with Crippen LogP contribution in [0.5, 0.6) is 11.5 Å². The number of rotatable bonds is 10. The van der Waals surface area contributed by atoms with Gasteiger partial charge in [0.25, 0.3) is 0 Å². The molecule has 1 atom stereocenters. The minimum absolute atomic E-state index is 0.0319. The lowest BCUT2D eigenvalue weighted by Gasteiger charge is -2.34. The van der Waals surface area contributed by atoms with E-state index in [4.69, 9.17) is 20.9 Å². The third-order valence-corrected chi connectivity index (χ3v) is 6.39. The number of ether oxygens (including phenoxy) is 2. The molecule has 4 rings (SSSR count).